The van der Waals surface area contributed by atoms with Crippen molar-refractivity contribution < 1.29 is 13.9 Å². The minimum absolute atomic E-state index is 0.0236. The molecule has 4 heteroatoms. The van der Waals surface area contributed by atoms with Gasteiger partial charge in [-0.25, -0.2) is 4.39 Å². The van der Waals surface area contributed by atoms with Gasteiger partial charge in [0.25, 0.3) is 0 Å². The fourth-order valence-corrected chi connectivity index (χ4v) is 1.72. The summed E-state index contributed by atoms with van der Waals surface area (Å²) in [5.74, 6) is 0.499. The van der Waals surface area contributed by atoms with Gasteiger partial charge in [-0.2, -0.15) is 0 Å². The van der Waals surface area contributed by atoms with Crippen LogP contribution in [0.15, 0.2) is 24.3 Å². The van der Waals surface area contributed by atoms with E-state index in [-0.39, 0.29) is 17.1 Å². The summed E-state index contributed by atoms with van der Waals surface area (Å²) in [4.78, 5) is 11.6. The van der Waals surface area contributed by atoms with Crippen LogP contribution in [0.2, 0.25) is 0 Å². The molecule has 0 aromatic heterocycles. The summed E-state index contributed by atoms with van der Waals surface area (Å²) in [5.41, 5.74) is 0.0236. The summed E-state index contributed by atoms with van der Waals surface area (Å²) in [7, 11) is 0. The molecular formula is C16H24FNO2. The fraction of sp³-hybridized carbons (Fsp3) is 0.562. The molecule has 0 saturated heterocycles. The van der Waals surface area contributed by atoms with Crippen LogP contribution < -0.4 is 10.1 Å². The highest BCUT2D eigenvalue weighted by molar-refractivity contribution is 5.76. The van der Waals surface area contributed by atoms with Crippen molar-refractivity contribution in [3.05, 3.63) is 30.1 Å². The number of hydrogen-bond donors (Lipinski definition) is 1. The molecule has 1 amide bonds. The summed E-state index contributed by atoms with van der Waals surface area (Å²) in [5, 5.41) is 2.90. The SMILES string of the molecule is CC(C)(C)CC(=O)NCCCCOc1ccc(F)cc1. The molecule has 0 bridgehead atoms. The molecule has 0 unspecified atom stereocenters. The molecule has 0 atom stereocenters. The Morgan fingerprint density at radius 3 is 2.45 bits per heavy atom. The molecule has 112 valence electrons. The van der Waals surface area contributed by atoms with Gasteiger partial charge >= 0.3 is 0 Å². The number of hydrogen-bond acceptors (Lipinski definition) is 2. The van der Waals surface area contributed by atoms with Crippen molar-refractivity contribution >= 4 is 5.91 Å². The molecule has 0 fully saturated rings. The van der Waals surface area contributed by atoms with E-state index in [0.29, 0.717) is 25.3 Å². The quantitative estimate of drug-likeness (QED) is 0.776. The van der Waals surface area contributed by atoms with Gasteiger partial charge in [-0.15, -0.1) is 0 Å². The van der Waals surface area contributed by atoms with Gasteiger partial charge < -0.3 is 10.1 Å². The Labute approximate surface area is 120 Å². The number of carbonyl (C=O) groups is 1. The van der Waals surface area contributed by atoms with Crippen LogP contribution in [0.5, 0.6) is 5.75 Å². The summed E-state index contributed by atoms with van der Waals surface area (Å²) in [6.07, 6.45) is 2.27. The number of benzene rings is 1. The number of ether oxygens (including phenoxy) is 1. The van der Waals surface area contributed by atoms with Crippen LogP contribution in [0.3, 0.4) is 0 Å². The number of halogens is 1. The molecule has 0 heterocycles. The molecule has 0 aliphatic rings. The van der Waals surface area contributed by atoms with Crippen LogP contribution in [0, 0.1) is 11.2 Å². The average molecular weight is 281 g/mol. The monoisotopic (exact) mass is 281 g/mol. The van der Waals surface area contributed by atoms with Crippen molar-refractivity contribution in [1.29, 1.82) is 0 Å². The molecule has 1 rings (SSSR count). The molecule has 0 spiro atoms. The first kappa shape index (κ1) is 16.5. The zero-order valence-corrected chi connectivity index (χ0v) is 12.5. The Morgan fingerprint density at radius 2 is 1.85 bits per heavy atom. The molecule has 1 aromatic rings. The molecule has 1 N–H and O–H groups in total. The van der Waals surface area contributed by atoms with Crippen molar-refractivity contribution in [1.82, 2.24) is 5.32 Å². The largest absolute Gasteiger partial charge is 0.494 e. The molecule has 0 aliphatic carbocycles. The van der Waals surface area contributed by atoms with E-state index >= 15 is 0 Å². The van der Waals surface area contributed by atoms with E-state index in [1.165, 1.54) is 12.1 Å². The normalized spacial score (nSPS) is 11.2. The van der Waals surface area contributed by atoms with E-state index in [1.807, 2.05) is 20.8 Å². The van der Waals surface area contributed by atoms with Crippen LogP contribution in [0.25, 0.3) is 0 Å². The van der Waals surface area contributed by atoms with E-state index in [2.05, 4.69) is 5.32 Å². The Kier molecular flexibility index (Phi) is 6.49. The Hall–Kier alpha value is -1.58. The predicted octanol–water partition coefficient (Wildman–Crippen LogP) is 3.54. The van der Waals surface area contributed by atoms with Crippen LogP contribution in [-0.4, -0.2) is 19.1 Å². The molecule has 0 radical (unpaired) electrons. The summed E-state index contributed by atoms with van der Waals surface area (Å²) < 4.78 is 18.1. The first-order valence-corrected chi connectivity index (χ1v) is 7.02. The molecular weight excluding hydrogens is 257 g/mol. The van der Waals surface area contributed by atoms with Crippen molar-refractivity contribution in [2.24, 2.45) is 5.41 Å². The van der Waals surface area contributed by atoms with Crippen molar-refractivity contribution in [3.63, 3.8) is 0 Å². The van der Waals surface area contributed by atoms with Gasteiger partial charge in [0.15, 0.2) is 0 Å². The van der Waals surface area contributed by atoms with E-state index in [9.17, 15) is 9.18 Å². The third-order valence-corrected chi connectivity index (χ3v) is 2.67. The van der Waals surface area contributed by atoms with Gasteiger partial charge in [0.1, 0.15) is 11.6 Å². The van der Waals surface area contributed by atoms with Gasteiger partial charge in [-0.1, -0.05) is 20.8 Å². The summed E-state index contributed by atoms with van der Waals surface area (Å²) >= 11 is 0. The second-order valence-corrected chi connectivity index (χ2v) is 6.10. The fourth-order valence-electron chi connectivity index (χ4n) is 1.72. The summed E-state index contributed by atoms with van der Waals surface area (Å²) in [6, 6.07) is 5.98. The smallest absolute Gasteiger partial charge is 0.220 e. The first-order chi connectivity index (χ1) is 9.37. The van der Waals surface area contributed by atoms with Crippen LogP contribution in [0.1, 0.15) is 40.0 Å². The lowest BCUT2D eigenvalue weighted by Gasteiger charge is -2.17. The lowest BCUT2D eigenvalue weighted by atomic mass is 9.92. The van der Waals surface area contributed by atoms with Gasteiger partial charge in [-0.3, -0.25) is 4.79 Å². The molecule has 20 heavy (non-hydrogen) atoms. The van der Waals surface area contributed by atoms with E-state index in [4.69, 9.17) is 4.74 Å². The van der Waals surface area contributed by atoms with E-state index in [1.54, 1.807) is 12.1 Å². The highest BCUT2D eigenvalue weighted by Gasteiger charge is 2.15. The van der Waals surface area contributed by atoms with Gasteiger partial charge in [-0.05, 0) is 42.5 Å². The average Bonchev–Trinajstić information content (AvgIpc) is 2.33. The Morgan fingerprint density at radius 1 is 1.20 bits per heavy atom. The number of nitrogens with one attached hydrogen (secondary N) is 1. The number of carbonyl (C=O) groups excluding carboxylic acids is 1. The topological polar surface area (TPSA) is 38.3 Å². The molecule has 1 aromatic carbocycles. The van der Waals surface area contributed by atoms with Crippen molar-refractivity contribution in [2.45, 2.75) is 40.0 Å². The van der Waals surface area contributed by atoms with Crippen LogP contribution >= 0.6 is 0 Å². The maximum Gasteiger partial charge on any atom is 0.220 e. The zero-order valence-electron chi connectivity index (χ0n) is 12.5. The minimum Gasteiger partial charge on any atom is -0.494 e. The van der Waals surface area contributed by atoms with Crippen molar-refractivity contribution in [2.75, 3.05) is 13.2 Å². The third kappa shape index (κ3) is 7.77. The predicted molar refractivity (Wildman–Crippen MR) is 78.2 cm³/mol. The molecule has 0 aliphatic heterocycles. The maximum absolute atomic E-state index is 12.7. The highest BCUT2D eigenvalue weighted by atomic mass is 19.1. The number of amides is 1. The van der Waals surface area contributed by atoms with Crippen LogP contribution in [0.4, 0.5) is 4.39 Å². The van der Waals surface area contributed by atoms with Gasteiger partial charge in [0.2, 0.25) is 5.91 Å². The molecule has 3 nitrogen and oxygen atoms in total. The van der Waals surface area contributed by atoms with Crippen molar-refractivity contribution in [3.8, 4) is 5.75 Å². The third-order valence-electron chi connectivity index (χ3n) is 2.67. The zero-order chi connectivity index (χ0) is 15.0. The second kappa shape index (κ2) is 7.88. The molecule has 0 saturated carbocycles. The van der Waals surface area contributed by atoms with Gasteiger partial charge in [0.05, 0.1) is 6.61 Å². The number of rotatable bonds is 7. The maximum atomic E-state index is 12.7. The number of unbranched alkanes of at least 4 members (excludes halogenated alkanes) is 1. The standard InChI is InChI=1S/C16H24FNO2/c1-16(2,3)12-15(19)18-10-4-5-11-20-14-8-6-13(17)7-9-14/h6-9H,4-5,10-12H2,1-3H3,(H,18,19). The van der Waals surface area contributed by atoms with E-state index in [0.717, 1.165) is 12.8 Å². The second-order valence-electron chi connectivity index (χ2n) is 6.10. The lowest BCUT2D eigenvalue weighted by molar-refractivity contribution is -0.122. The Bertz CT molecular complexity index is 409. The lowest BCUT2D eigenvalue weighted by Crippen LogP contribution is -2.28. The Balaban J connectivity index is 2.05. The van der Waals surface area contributed by atoms with Gasteiger partial charge in [0, 0.05) is 13.0 Å². The summed E-state index contributed by atoms with van der Waals surface area (Å²) in [6.45, 7) is 7.37. The van der Waals surface area contributed by atoms with Crippen LogP contribution in [-0.2, 0) is 4.79 Å². The first-order valence-electron chi connectivity index (χ1n) is 7.02. The van der Waals surface area contributed by atoms with E-state index < -0.39 is 0 Å². The highest BCUT2D eigenvalue weighted by Crippen LogP contribution is 2.17. The minimum atomic E-state index is -0.265.